The molecule has 3 rings (SSSR count). The Labute approximate surface area is 126 Å². The van der Waals surface area contributed by atoms with Gasteiger partial charge in [0, 0.05) is 5.56 Å². The van der Waals surface area contributed by atoms with Crippen molar-refractivity contribution in [1.29, 1.82) is 0 Å². The van der Waals surface area contributed by atoms with Crippen LogP contribution in [0.15, 0.2) is 54.6 Å². The van der Waals surface area contributed by atoms with Gasteiger partial charge in [-0.3, -0.25) is 4.79 Å². The number of rotatable bonds is 3. The summed E-state index contributed by atoms with van der Waals surface area (Å²) in [5.41, 5.74) is -2.07. The highest BCUT2D eigenvalue weighted by Crippen LogP contribution is 2.57. The van der Waals surface area contributed by atoms with Gasteiger partial charge in [0.15, 0.2) is 11.9 Å². The van der Waals surface area contributed by atoms with Crippen molar-refractivity contribution in [2.45, 2.75) is 17.9 Å². The van der Waals surface area contributed by atoms with Crippen molar-refractivity contribution in [2.75, 3.05) is 0 Å². The smallest absolute Gasteiger partial charge is 0.343 e. The Morgan fingerprint density at radius 2 is 1.64 bits per heavy atom. The topological polar surface area (TPSA) is 29.6 Å². The average molecular weight is 302 g/mol. The fraction of sp³-hybridized carbons (Fsp3) is 0.188. The zero-order chi connectivity index (χ0) is 16.0. The first kappa shape index (κ1) is 14.8. The molecule has 1 heterocycles. The van der Waals surface area contributed by atoms with E-state index in [-0.39, 0.29) is 11.1 Å². The normalized spacial score (nSPS) is 24.0. The summed E-state index contributed by atoms with van der Waals surface area (Å²) in [7, 11) is 5.51. The first-order valence-corrected chi connectivity index (χ1v) is 6.56. The van der Waals surface area contributed by atoms with Crippen LogP contribution in [0.4, 0.5) is 13.2 Å². The maximum Gasteiger partial charge on any atom is 0.424 e. The van der Waals surface area contributed by atoms with Gasteiger partial charge in [0.05, 0.1) is 0 Å². The first-order chi connectivity index (χ1) is 10.4. The van der Waals surface area contributed by atoms with Crippen molar-refractivity contribution in [3.63, 3.8) is 0 Å². The fourth-order valence-electron chi connectivity index (χ4n) is 2.47. The van der Waals surface area contributed by atoms with Crippen LogP contribution in [-0.2, 0) is 10.3 Å². The van der Waals surface area contributed by atoms with Gasteiger partial charge in [0.2, 0.25) is 5.60 Å². The summed E-state index contributed by atoms with van der Waals surface area (Å²) in [5, 5.41) is 0. The van der Waals surface area contributed by atoms with Crippen LogP contribution < -0.4 is 5.46 Å². The average Bonchev–Trinajstić information content (AvgIpc) is 3.25. The summed E-state index contributed by atoms with van der Waals surface area (Å²) in [6.07, 6.45) is -6.25. The van der Waals surface area contributed by atoms with E-state index in [0.29, 0.717) is 5.46 Å². The van der Waals surface area contributed by atoms with Crippen molar-refractivity contribution in [3.8, 4) is 0 Å². The standard InChI is InChI=1S/C16H10BF3O2/c17-12-8-6-10(7-9-12)13(21)14-15(22-14,16(18,19)20)11-4-2-1-3-5-11/h1-9,14H/t14-,15+/m1/s1. The van der Waals surface area contributed by atoms with E-state index < -0.39 is 23.7 Å². The number of alkyl halides is 3. The molecule has 110 valence electrons. The molecule has 1 aliphatic rings. The second-order valence-corrected chi connectivity index (χ2v) is 5.08. The van der Waals surface area contributed by atoms with E-state index >= 15 is 0 Å². The zero-order valence-corrected chi connectivity index (χ0v) is 11.3. The predicted octanol–water partition coefficient (Wildman–Crippen LogP) is 2.52. The Morgan fingerprint density at radius 3 is 2.18 bits per heavy atom. The van der Waals surface area contributed by atoms with Gasteiger partial charge in [-0.25, -0.2) is 0 Å². The van der Waals surface area contributed by atoms with E-state index in [1.54, 1.807) is 6.07 Å². The second-order valence-electron chi connectivity index (χ2n) is 5.08. The Bertz CT molecular complexity index is 698. The summed E-state index contributed by atoms with van der Waals surface area (Å²) in [4.78, 5) is 12.3. The zero-order valence-electron chi connectivity index (χ0n) is 11.3. The number of benzene rings is 2. The molecule has 0 bridgehead atoms. The number of carbonyl (C=O) groups is 1. The SMILES string of the molecule is [B]c1ccc(C(=O)[C@H]2O[C@]2(c2ccccc2)C(F)(F)F)cc1. The minimum Gasteiger partial charge on any atom is -0.343 e. The highest BCUT2D eigenvalue weighted by atomic mass is 19.4. The third kappa shape index (κ3) is 2.24. The number of epoxide rings is 1. The molecule has 2 atom stereocenters. The molecule has 2 nitrogen and oxygen atoms in total. The van der Waals surface area contributed by atoms with Gasteiger partial charge in [-0.2, -0.15) is 13.2 Å². The summed E-state index contributed by atoms with van der Waals surface area (Å²) >= 11 is 0. The van der Waals surface area contributed by atoms with Crippen LogP contribution in [0, 0.1) is 0 Å². The van der Waals surface area contributed by atoms with Crippen molar-refractivity contribution >= 4 is 19.1 Å². The maximum absolute atomic E-state index is 13.5. The largest absolute Gasteiger partial charge is 0.424 e. The van der Waals surface area contributed by atoms with Gasteiger partial charge < -0.3 is 4.74 Å². The monoisotopic (exact) mass is 302 g/mol. The lowest BCUT2D eigenvalue weighted by Gasteiger charge is -2.17. The van der Waals surface area contributed by atoms with Crippen molar-refractivity contribution in [2.24, 2.45) is 0 Å². The molecule has 2 radical (unpaired) electrons. The molecule has 1 saturated heterocycles. The van der Waals surface area contributed by atoms with Gasteiger partial charge in [-0.1, -0.05) is 60.1 Å². The Morgan fingerprint density at radius 1 is 1.05 bits per heavy atom. The van der Waals surface area contributed by atoms with E-state index in [0.717, 1.165) is 0 Å². The van der Waals surface area contributed by atoms with E-state index in [1.165, 1.54) is 48.5 Å². The third-order valence-electron chi connectivity index (χ3n) is 3.67. The molecule has 22 heavy (non-hydrogen) atoms. The van der Waals surface area contributed by atoms with Gasteiger partial charge in [0.1, 0.15) is 7.85 Å². The van der Waals surface area contributed by atoms with E-state index in [4.69, 9.17) is 12.6 Å². The van der Waals surface area contributed by atoms with E-state index in [1.807, 2.05) is 0 Å². The molecule has 0 unspecified atom stereocenters. The van der Waals surface area contributed by atoms with Gasteiger partial charge in [0.25, 0.3) is 0 Å². The lowest BCUT2D eigenvalue weighted by molar-refractivity contribution is -0.187. The van der Waals surface area contributed by atoms with Crippen LogP contribution in [0.2, 0.25) is 0 Å². The second kappa shape index (κ2) is 4.99. The molecule has 0 N–H and O–H groups in total. The molecule has 0 amide bonds. The molecule has 0 aliphatic carbocycles. The molecule has 0 saturated carbocycles. The summed E-state index contributed by atoms with van der Waals surface area (Å²) in [6.45, 7) is 0. The van der Waals surface area contributed by atoms with Crippen molar-refractivity contribution in [3.05, 3.63) is 65.7 Å². The van der Waals surface area contributed by atoms with Gasteiger partial charge >= 0.3 is 6.18 Å². The number of hydrogen-bond donors (Lipinski definition) is 0. The lowest BCUT2D eigenvalue weighted by atomic mass is 9.89. The Kier molecular flexibility index (Phi) is 3.36. The molecule has 1 fully saturated rings. The number of halogens is 3. The van der Waals surface area contributed by atoms with Crippen LogP contribution in [-0.4, -0.2) is 25.9 Å². The molecular weight excluding hydrogens is 292 g/mol. The molecule has 2 aromatic rings. The minimum absolute atomic E-state index is 0.0729. The quantitative estimate of drug-likeness (QED) is 0.495. The van der Waals surface area contributed by atoms with Crippen LogP contribution in [0.5, 0.6) is 0 Å². The molecule has 1 aliphatic heterocycles. The van der Waals surface area contributed by atoms with E-state index in [9.17, 15) is 18.0 Å². The van der Waals surface area contributed by atoms with Gasteiger partial charge in [-0.05, 0) is 5.56 Å². The van der Waals surface area contributed by atoms with Crippen LogP contribution in [0.25, 0.3) is 0 Å². The molecular formula is C16H10BF3O2. The number of carbonyl (C=O) groups excluding carboxylic acids is 1. The van der Waals surface area contributed by atoms with Crippen LogP contribution >= 0.6 is 0 Å². The molecule has 6 heteroatoms. The van der Waals surface area contributed by atoms with Gasteiger partial charge in [-0.15, -0.1) is 0 Å². The molecule has 2 aromatic carbocycles. The predicted molar refractivity (Wildman–Crippen MR) is 75.2 cm³/mol. The molecule has 0 spiro atoms. The third-order valence-corrected chi connectivity index (χ3v) is 3.67. The van der Waals surface area contributed by atoms with Crippen molar-refractivity contribution in [1.82, 2.24) is 0 Å². The number of ether oxygens (including phenoxy) is 1. The highest BCUT2D eigenvalue weighted by Gasteiger charge is 2.76. The number of ketones is 1. The summed E-state index contributed by atoms with van der Waals surface area (Å²) < 4.78 is 45.3. The number of Topliss-reactive ketones (excluding diaryl/α,β-unsaturated/α-hetero) is 1. The van der Waals surface area contributed by atoms with Crippen LogP contribution in [0.1, 0.15) is 15.9 Å². The fourth-order valence-corrected chi connectivity index (χ4v) is 2.47. The minimum atomic E-state index is -4.68. The van der Waals surface area contributed by atoms with E-state index in [2.05, 4.69) is 0 Å². The van der Waals surface area contributed by atoms with Crippen LogP contribution in [0.3, 0.4) is 0 Å². The Balaban J connectivity index is 1.96. The van der Waals surface area contributed by atoms with Crippen molar-refractivity contribution < 1.29 is 22.7 Å². The maximum atomic E-state index is 13.5. The first-order valence-electron chi connectivity index (χ1n) is 6.56. The lowest BCUT2D eigenvalue weighted by Crippen LogP contribution is -2.35. The number of hydrogen-bond acceptors (Lipinski definition) is 2. The summed E-state index contributed by atoms with van der Waals surface area (Å²) in [5.74, 6) is -0.707. The highest BCUT2D eigenvalue weighted by molar-refractivity contribution is 6.32. The Hall–Kier alpha value is -2.08. The summed E-state index contributed by atoms with van der Waals surface area (Å²) in [6, 6.07) is 12.9. The molecule has 0 aromatic heterocycles.